The van der Waals surface area contributed by atoms with Crippen LogP contribution in [0.25, 0.3) is 0 Å². The van der Waals surface area contributed by atoms with Gasteiger partial charge >= 0.3 is 17.8 Å². The highest BCUT2D eigenvalue weighted by atomic mass is 19.3. The number of hydrogen-bond acceptors (Lipinski definition) is 6. The molecule has 0 amide bonds. The lowest BCUT2D eigenvalue weighted by molar-refractivity contribution is -0.248. The maximum atomic E-state index is 13.0. The number of hydrogen-bond donors (Lipinski definition) is 1. The van der Waals surface area contributed by atoms with E-state index in [-0.39, 0.29) is 0 Å². The highest BCUT2D eigenvalue weighted by Crippen LogP contribution is 2.36. The first-order valence-electron chi connectivity index (χ1n) is 4.43. The smallest absolute Gasteiger partial charge is 0.411 e. The molecular weight excluding hydrogens is 268 g/mol. The predicted octanol–water partition coefficient (Wildman–Crippen LogP) is 0.853. The molecule has 0 unspecified atom stereocenters. The molecule has 0 atom stereocenters. The number of rotatable bonds is 8. The summed E-state index contributed by atoms with van der Waals surface area (Å²) in [7, 11) is 0.979. The van der Waals surface area contributed by atoms with E-state index in [1.54, 1.807) is 0 Å². The van der Waals surface area contributed by atoms with Crippen LogP contribution in [0.2, 0.25) is 0 Å². The van der Waals surface area contributed by atoms with Crippen molar-refractivity contribution in [1.82, 2.24) is 0 Å². The van der Waals surface area contributed by atoms with E-state index in [1.807, 2.05) is 0 Å². The van der Waals surface area contributed by atoms with Gasteiger partial charge in [0, 0.05) is 13.5 Å². The molecule has 0 spiro atoms. The van der Waals surface area contributed by atoms with E-state index in [2.05, 4.69) is 14.4 Å². The number of carbonyl (C=O) groups excluding carboxylic acids is 2. The van der Waals surface area contributed by atoms with Crippen LogP contribution in [0, 0.1) is 0 Å². The molecule has 0 aromatic heterocycles. The third-order valence-electron chi connectivity index (χ3n) is 1.73. The maximum absolute atomic E-state index is 13.0. The number of carbonyl (C=O) groups is 2. The van der Waals surface area contributed by atoms with Crippen LogP contribution < -0.4 is 0 Å². The number of methoxy groups -OCH3 is 1. The fraction of sp³-hybridized carbons (Fsp3) is 0.750. The zero-order valence-corrected chi connectivity index (χ0v) is 9.12. The summed E-state index contributed by atoms with van der Waals surface area (Å²) in [6, 6.07) is 0. The Labute approximate surface area is 98.3 Å². The second kappa shape index (κ2) is 6.61. The van der Waals surface area contributed by atoms with E-state index in [0.29, 0.717) is 0 Å². The fourth-order valence-corrected chi connectivity index (χ4v) is 0.802. The average molecular weight is 278 g/mol. The molecule has 0 aliphatic heterocycles. The van der Waals surface area contributed by atoms with Gasteiger partial charge in [0.25, 0.3) is 0 Å². The Morgan fingerprint density at radius 3 is 2.17 bits per heavy atom. The summed E-state index contributed by atoms with van der Waals surface area (Å²) in [5.74, 6) is -15.5. The minimum Gasteiger partial charge on any atom is -0.434 e. The zero-order valence-electron chi connectivity index (χ0n) is 9.12. The van der Waals surface area contributed by atoms with Crippen molar-refractivity contribution >= 4 is 11.8 Å². The third-order valence-corrected chi connectivity index (χ3v) is 1.73. The van der Waals surface area contributed by atoms with E-state index >= 15 is 0 Å². The molecule has 0 aromatic carbocycles. The van der Waals surface area contributed by atoms with Crippen LogP contribution in [0.1, 0.15) is 6.42 Å². The van der Waals surface area contributed by atoms with Gasteiger partial charge in [-0.05, 0) is 0 Å². The summed E-state index contributed by atoms with van der Waals surface area (Å²) in [6.07, 6.45) is -1.20. The van der Waals surface area contributed by atoms with Gasteiger partial charge in [-0.2, -0.15) is 17.6 Å². The van der Waals surface area contributed by atoms with Crippen LogP contribution in [0.5, 0.6) is 0 Å². The molecule has 0 radical (unpaired) electrons. The molecule has 0 rings (SSSR count). The van der Waals surface area contributed by atoms with Crippen molar-refractivity contribution in [3.05, 3.63) is 0 Å². The lowest BCUT2D eigenvalue weighted by Crippen LogP contribution is -2.53. The first-order valence-corrected chi connectivity index (χ1v) is 4.43. The van der Waals surface area contributed by atoms with Gasteiger partial charge in [-0.25, -0.2) is 9.68 Å². The van der Waals surface area contributed by atoms with Crippen molar-refractivity contribution < 1.29 is 46.8 Å². The Balaban J connectivity index is 4.82. The lowest BCUT2D eigenvalue weighted by Gasteiger charge is -2.23. The molecule has 18 heavy (non-hydrogen) atoms. The van der Waals surface area contributed by atoms with Crippen LogP contribution >= 0.6 is 0 Å². The van der Waals surface area contributed by atoms with Gasteiger partial charge in [-0.15, -0.1) is 0 Å². The molecule has 0 saturated carbocycles. The Kier molecular flexibility index (Phi) is 6.15. The second-order valence-corrected chi connectivity index (χ2v) is 2.99. The van der Waals surface area contributed by atoms with Crippen LogP contribution in [-0.4, -0.2) is 49.4 Å². The van der Waals surface area contributed by atoms with Gasteiger partial charge in [-0.1, -0.05) is 0 Å². The second-order valence-electron chi connectivity index (χ2n) is 2.99. The van der Waals surface area contributed by atoms with E-state index < -0.39 is 43.4 Å². The molecule has 10 heteroatoms. The molecule has 0 aliphatic carbocycles. The average Bonchev–Trinajstić information content (AvgIpc) is 2.32. The standard InChI is InChI=1S/C8H10F4O6/c1-16-4-17-6(14)8(11,12)7(9,10)5(13)2-3-18-15/h15H,2-4H2,1H3. The van der Waals surface area contributed by atoms with Crippen molar-refractivity contribution in [2.45, 2.75) is 18.3 Å². The SMILES string of the molecule is COCOC(=O)C(F)(F)C(F)(F)C(=O)CCOO. The minimum absolute atomic E-state index is 0.905. The van der Waals surface area contributed by atoms with E-state index in [1.165, 1.54) is 0 Å². The van der Waals surface area contributed by atoms with Crippen LogP contribution in [0.4, 0.5) is 17.6 Å². The van der Waals surface area contributed by atoms with Crippen molar-refractivity contribution in [1.29, 1.82) is 0 Å². The van der Waals surface area contributed by atoms with Crippen LogP contribution in [0.15, 0.2) is 0 Å². The van der Waals surface area contributed by atoms with Crippen molar-refractivity contribution in [3.8, 4) is 0 Å². The van der Waals surface area contributed by atoms with Crippen molar-refractivity contribution in [2.75, 3.05) is 20.5 Å². The normalized spacial score (nSPS) is 12.3. The summed E-state index contributed by atoms with van der Waals surface area (Å²) in [4.78, 5) is 24.8. The predicted molar refractivity (Wildman–Crippen MR) is 46.1 cm³/mol. The van der Waals surface area contributed by atoms with Gasteiger partial charge in [0.15, 0.2) is 6.79 Å². The molecule has 6 nitrogen and oxygen atoms in total. The summed E-state index contributed by atoms with van der Waals surface area (Å²) >= 11 is 0. The van der Waals surface area contributed by atoms with Gasteiger partial charge in [0.05, 0.1) is 6.61 Å². The molecule has 0 heterocycles. The Morgan fingerprint density at radius 2 is 1.72 bits per heavy atom. The number of esters is 1. The van der Waals surface area contributed by atoms with Crippen molar-refractivity contribution in [2.24, 2.45) is 0 Å². The summed E-state index contributed by atoms with van der Waals surface area (Å²) in [6.45, 7) is -1.87. The molecular formula is C8H10F4O6. The van der Waals surface area contributed by atoms with Gasteiger partial charge in [0.1, 0.15) is 0 Å². The summed E-state index contributed by atoms with van der Waals surface area (Å²) in [5, 5.41) is 7.82. The fourth-order valence-electron chi connectivity index (χ4n) is 0.802. The quantitative estimate of drug-likeness (QED) is 0.233. The first-order chi connectivity index (χ1) is 8.21. The van der Waals surface area contributed by atoms with Gasteiger partial charge < -0.3 is 9.47 Å². The molecule has 0 aliphatic rings. The molecule has 0 fully saturated rings. The van der Waals surface area contributed by atoms with Crippen LogP contribution in [0.3, 0.4) is 0 Å². The first kappa shape index (κ1) is 16.7. The number of ketones is 1. The highest BCUT2D eigenvalue weighted by Gasteiger charge is 2.67. The van der Waals surface area contributed by atoms with Gasteiger partial charge in [-0.3, -0.25) is 10.1 Å². The van der Waals surface area contributed by atoms with E-state index in [4.69, 9.17) is 5.26 Å². The lowest BCUT2D eigenvalue weighted by atomic mass is 10.1. The molecule has 0 bridgehead atoms. The van der Waals surface area contributed by atoms with Gasteiger partial charge in [0.2, 0.25) is 5.78 Å². The number of halogens is 4. The molecule has 106 valence electrons. The summed E-state index contributed by atoms with van der Waals surface area (Å²) < 4.78 is 59.8. The zero-order chi connectivity index (χ0) is 14.4. The van der Waals surface area contributed by atoms with E-state index in [9.17, 15) is 27.2 Å². The van der Waals surface area contributed by atoms with E-state index in [0.717, 1.165) is 7.11 Å². The minimum atomic E-state index is -5.34. The van der Waals surface area contributed by atoms with Crippen molar-refractivity contribution in [3.63, 3.8) is 0 Å². The Bertz CT molecular complexity index is 276. The Hall–Kier alpha value is -1.26. The molecule has 0 saturated heterocycles. The summed E-state index contributed by atoms with van der Waals surface area (Å²) in [5.41, 5.74) is 0. The Morgan fingerprint density at radius 1 is 1.17 bits per heavy atom. The number of alkyl halides is 4. The third kappa shape index (κ3) is 3.62. The monoisotopic (exact) mass is 278 g/mol. The number of Topliss-reactive ketones (excluding diaryl/α,β-unsaturated/α-hetero) is 1. The topological polar surface area (TPSA) is 82.1 Å². The van der Waals surface area contributed by atoms with Crippen LogP contribution in [-0.2, 0) is 24.0 Å². The maximum Gasteiger partial charge on any atom is 0.411 e. The molecule has 1 N–H and O–H groups in total. The largest absolute Gasteiger partial charge is 0.434 e. The molecule has 0 aromatic rings. The highest BCUT2D eigenvalue weighted by molar-refractivity contribution is 5.94. The number of ether oxygens (including phenoxy) is 2.